The van der Waals surface area contributed by atoms with E-state index in [1.54, 1.807) is 0 Å². The third-order valence-corrected chi connectivity index (χ3v) is 9.71. The van der Waals surface area contributed by atoms with Gasteiger partial charge in [-0.15, -0.1) is 0 Å². The van der Waals surface area contributed by atoms with Gasteiger partial charge in [-0.3, -0.25) is 9.97 Å². The second-order valence-corrected chi connectivity index (χ2v) is 14.6. The molecule has 6 heterocycles. The van der Waals surface area contributed by atoms with Gasteiger partial charge in [0, 0.05) is 56.9 Å². The summed E-state index contributed by atoms with van der Waals surface area (Å²) in [6.07, 6.45) is 16.7. The molecule has 6 nitrogen and oxygen atoms in total. The highest BCUT2D eigenvalue weighted by molar-refractivity contribution is 5.46. The van der Waals surface area contributed by atoms with E-state index in [0.717, 1.165) is 11.7 Å². The lowest BCUT2D eigenvalue weighted by Crippen LogP contribution is -2.32. The normalized spacial score (nSPS) is 17.1. The summed E-state index contributed by atoms with van der Waals surface area (Å²) in [5.41, 5.74) is 6.29. The van der Waals surface area contributed by atoms with Crippen molar-refractivity contribution in [3.8, 4) is 0 Å². The summed E-state index contributed by atoms with van der Waals surface area (Å²) >= 11 is 0. The molecule has 3 fully saturated rings. The molecule has 0 bridgehead atoms. The zero-order chi connectivity index (χ0) is 32.9. The topological polar surface area (TPSA) is 48.4 Å². The molecule has 3 saturated heterocycles. The van der Waals surface area contributed by atoms with Crippen molar-refractivity contribution >= 4 is 17.2 Å². The summed E-state index contributed by atoms with van der Waals surface area (Å²) in [4.78, 5) is 20.9. The summed E-state index contributed by atoms with van der Waals surface area (Å²) in [6, 6.07) is 13.1. The summed E-state index contributed by atoms with van der Waals surface area (Å²) in [5.74, 6) is 3.67. The van der Waals surface area contributed by atoms with Gasteiger partial charge in [-0.1, -0.05) is 62.0 Å². The number of hydrogen-bond donors (Lipinski definition) is 0. The van der Waals surface area contributed by atoms with E-state index in [9.17, 15) is 0 Å². The van der Waals surface area contributed by atoms with Gasteiger partial charge >= 0.3 is 0 Å². The van der Waals surface area contributed by atoms with Gasteiger partial charge in [-0.2, -0.15) is 0 Å². The molecule has 0 amide bonds. The van der Waals surface area contributed by atoms with Gasteiger partial charge in [-0.05, 0) is 111 Å². The third kappa shape index (κ3) is 12.1. The zero-order valence-electron chi connectivity index (χ0n) is 30.1. The lowest BCUT2D eigenvalue weighted by molar-refractivity contribution is 0.438. The quantitative estimate of drug-likeness (QED) is 0.267. The second kappa shape index (κ2) is 19.6. The van der Waals surface area contributed by atoms with Crippen LogP contribution in [-0.4, -0.2) is 54.2 Å². The van der Waals surface area contributed by atoms with Crippen LogP contribution in [0.3, 0.4) is 0 Å². The first-order valence-electron chi connectivity index (χ1n) is 18.3. The Kier molecular flexibility index (Phi) is 16.0. The molecule has 47 heavy (non-hydrogen) atoms. The smallest absolute Gasteiger partial charge is 0.128 e. The first-order valence-corrected chi connectivity index (χ1v) is 18.3. The summed E-state index contributed by atoms with van der Waals surface area (Å²) in [7, 11) is 0. The SMILES string of the molecule is C.CC(C)c1ccc(N2CCCCC2)cn1.CC(C)c1ccc(N2CCCCC2)nc1.CC1CCN(c2ccc(C(C)C)nc2)CC1. The van der Waals surface area contributed by atoms with E-state index in [1.165, 1.54) is 119 Å². The fourth-order valence-corrected chi connectivity index (χ4v) is 6.32. The van der Waals surface area contributed by atoms with Crippen LogP contribution in [0.1, 0.15) is 142 Å². The van der Waals surface area contributed by atoms with Crippen LogP contribution in [0.25, 0.3) is 0 Å². The van der Waals surface area contributed by atoms with Crippen LogP contribution in [0.4, 0.5) is 17.2 Å². The van der Waals surface area contributed by atoms with Crippen molar-refractivity contribution in [2.75, 3.05) is 54.0 Å². The molecule has 0 aromatic carbocycles. The van der Waals surface area contributed by atoms with E-state index in [0.29, 0.717) is 17.8 Å². The average Bonchev–Trinajstić information content (AvgIpc) is 3.10. The van der Waals surface area contributed by atoms with Crippen LogP contribution >= 0.6 is 0 Å². The maximum atomic E-state index is 4.55. The Balaban J connectivity index is 0.000000190. The van der Waals surface area contributed by atoms with E-state index < -0.39 is 0 Å². The van der Waals surface area contributed by atoms with Crippen molar-refractivity contribution in [2.45, 2.75) is 125 Å². The molecule has 0 radical (unpaired) electrons. The molecule has 0 N–H and O–H groups in total. The molecule has 3 aromatic heterocycles. The lowest BCUT2D eigenvalue weighted by atomic mass is 9.99. The number of rotatable bonds is 6. The molecule has 0 aliphatic carbocycles. The van der Waals surface area contributed by atoms with Crippen LogP contribution < -0.4 is 14.7 Å². The molecule has 0 atom stereocenters. The largest absolute Gasteiger partial charge is 0.370 e. The Morgan fingerprint density at radius 3 is 1.36 bits per heavy atom. The highest BCUT2D eigenvalue weighted by Gasteiger charge is 2.16. The van der Waals surface area contributed by atoms with Crippen molar-refractivity contribution in [2.24, 2.45) is 5.92 Å². The number of aromatic nitrogens is 3. The van der Waals surface area contributed by atoms with Crippen LogP contribution in [-0.2, 0) is 0 Å². The summed E-state index contributed by atoms with van der Waals surface area (Å²) in [6.45, 7) is 22.6. The number of hydrogen-bond acceptors (Lipinski definition) is 6. The standard InChI is InChI=1S/C14H22N2.2C13H20N2.CH4/c1-11(2)14-5-4-13(10-15-14)16-8-6-12(3)7-9-16;1-11(2)13-7-6-12(10-14-13)15-8-4-3-5-9-15;1-11(2)12-6-7-13(14-10-12)15-8-4-3-5-9-15;/h4-5,10-12H,6-9H2,1-3H3;2*6-7,10-11H,3-5,8-9H2,1-2H3;1H4. The molecular weight excluding hydrogens is 576 g/mol. The monoisotopic (exact) mass is 643 g/mol. The Labute approximate surface area is 288 Å². The molecular formula is C41H66N6. The minimum Gasteiger partial charge on any atom is -0.370 e. The van der Waals surface area contributed by atoms with Crippen LogP contribution in [0.15, 0.2) is 55.0 Å². The van der Waals surface area contributed by atoms with Crippen molar-refractivity contribution in [1.82, 2.24) is 15.0 Å². The highest BCUT2D eigenvalue weighted by atomic mass is 15.2. The number of anilines is 3. The molecule has 6 rings (SSSR count). The Morgan fingerprint density at radius 1 is 0.511 bits per heavy atom. The van der Waals surface area contributed by atoms with E-state index >= 15 is 0 Å². The molecule has 260 valence electrons. The number of nitrogens with zero attached hydrogens (tertiary/aromatic N) is 6. The van der Waals surface area contributed by atoms with Gasteiger partial charge in [-0.25, -0.2) is 4.98 Å². The predicted molar refractivity (Wildman–Crippen MR) is 204 cm³/mol. The molecule has 0 unspecified atom stereocenters. The molecule has 3 aromatic rings. The lowest BCUT2D eigenvalue weighted by Gasteiger charge is -2.32. The van der Waals surface area contributed by atoms with Gasteiger partial charge in [0.1, 0.15) is 5.82 Å². The number of piperidine rings is 3. The van der Waals surface area contributed by atoms with Crippen molar-refractivity contribution in [3.63, 3.8) is 0 Å². The zero-order valence-corrected chi connectivity index (χ0v) is 30.1. The summed E-state index contributed by atoms with van der Waals surface area (Å²) < 4.78 is 0. The predicted octanol–water partition coefficient (Wildman–Crippen LogP) is 10.5. The Hall–Kier alpha value is -3.15. The molecule has 6 heteroatoms. The Bertz CT molecular complexity index is 1170. The van der Waals surface area contributed by atoms with Crippen LogP contribution in [0.5, 0.6) is 0 Å². The van der Waals surface area contributed by atoms with E-state index in [2.05, 4.69) is 115 Å². The van der Waals surface area contributed by atoms with Gasteiger partial charge in [0.2, 0.25) is 0 Å². The van der Waals surface area contributed by atoms with Gasteiger partial charge in [0.25, 0.3) is 0 Å². The van der Waals surface area contributed by atoms with E-state index in [-0.39, 0.29) is 7.43 Å². The third-order valence-electron chi connectivity index (χ3n) is 9.71. The summed E-state index contributed by atoms with van der Waals surface area (Å²) in [5, 5.41) is 0. The molecule has 3 aliphatic rings. The molecule has 3 aliphatic heterocycles. The average molecular weight is 643 g/mol. The highest BCUT2D eigenvalue weighted by Crippen LogP contribution is 2.24. The van der Waals surface area contributed by atoms with Crippen molar-refractivity contribution in [3.05, 3.63) is 71.9 Å². The van der Waals surface area contributed by atoms with Gasteiger partial charge in [0.15, 0.2) is 0 Å². The van der Waals surface area contributed by atoms with Crippen molar-refractivity contribution < 1.29 is 0 Å². The van der Waals surface area contributed by atoms with E-state index in [1.807, 2.05) is 18.6 Å². The minimum atomic E-state index is 0. The Morgan fingerprint density at radius 2 is 0.979 bits per heavy atom. The van der Waals surface area contributed by atoms with Gasteiger partial charge < -0.3 is 14.7 Å². The maximum Gasteiger partial charge on any atom is 0.128 e. The van der Waals surface area contributed by atoms with Gasteiger partial charge in [0.05, 0.1) is 23.8 Å². The number of pyridine rings is 3. The minimum absolute atomic E-state index is 0. The second-order valence-electron chi connectivity index (χ2n) is 14.6. The maximum absolute atomic E-state index is 4.55. The molecule has 0 saturated carbocycles. The fourth-order valence-electron chi connectivity index (χ4n) is 6.32. The first-order chi connectivity index (χ1) is 22.2. The van der Waals surface area contributed by atoms with Crippen LogP contribution in [0, 0.1) is 5.92 Å². The first kappa shape index (κ1) is 38.3. The fraction of sp³-hybridized carbons (Fsp3) is 0.634. The van der Waals surface area contributed by atoms with Crippen molar-refractivity contribution in [1.29, 1.82) is 0 Å². The van der Waals surface area contributed by atoms with E-state index in [4.69, 9.17) is 0 Å². The molecule has 0 spiro atoms. The van der Waals surface area contributed by atoms with Crippen LogP contribution in [0.2, 0.25) is 0 Å².